The summed E-state index contributed by atoms with van der Waals surface area (Å²) >= 11 is 0. The molecule has 17 heavy (non-hydrogen) atoms. The van der Waals surface area contributed by atoms with E-state index in [2.05, 4.69) is 12.2 Å². The molecule has 0 heterocycles. The van der Waals surface area contributed by atoms with E-state index in [1.54, 1.807) is 13.0 Å². The summed E-state index contributed by atoms with van der Waals surface area (Å²) in [5, 5.41) is 2.72. The molecule has 0 aliphatic heterocycles. The minimum Gasteiger partial charge on any atom is -0.324 e. The second-order valence-electron chi connectivity index (χ2n) is 4.20. The van der Waals surface area contributed by atoms with Gasteiger partial charge in [0.1, 0.15) is 5.82 Å². The van der Waals surface area contributed by atoms with Gasteiger partial charge in [0.2, 0.25) is 5.91 Å². The van der Waals surface area contributed by atoms with Gasteiger partial charge in [-0.1, -0.05) is 19.8 Å². The second-order valence-corrected chi connectivity index (χ2v) is 4.20. The smallest absolute Gasteiger partial charge is 0.241 e. The summed E-state index contributed by atoms with van der Waals surface area (Å²) in [6, 6.07) is 3.75. The van der Waals surface area contributed by atoms with Gasteiger partial charge in [0.25, 0.3) is 0 Å². The van der Waals surface area contributed by atoms with Crippen LogP contribution in [0.1, 0.15) is 31.7 Å². The van der Waals surface area contributed by atoms with Crippen LogP contribution in [0.3, 0.4) is 0 Å². The molecule has 1 rings (SSSR count). The summed E-state index contributed by atoms with van der Waals surface area (Å²) in [5.41, 5.74) is 7.05. The molecule has 1 unspecified atom stereocenters. The Bertz CT molecular complexity index is 393. The van der Waals surface area contributed by atoms with Crippen molar-refractivity contribution in [3.63, 3.8) is 0 Å². The normalized spacial score (nSPS) is 12.2. The fraction of sp³-hybridized carbons (Fsp3) is 0.462. The van der Waals surface area contributed by atoms with Gasteiger partial charge in [-0.05, 0) is 37.1 Å². The first-order chi connectivity index (χ1) is 8.04. The second kappa shape index (κ2) is 6.35. The Hall–Kier alpha value is -1.42. The third kappa shape index (κ3) is 4.15. The number of nitrogens with one attached hydrogen (secondary N) is 1. The highest BCUT2D eigenvalue weighted by atomic mass is 19.1. The molecule has 0 bridgehead atoms. The van der Waals surface area contributed by atoms with E-state index in [1.807, 2.05) is 0 Å². The molecular formula is C13H19FN2O. The van der Waals surface area contributed by atoms with Crippen LogP contribution in [0.25, 0.3) is 0 Å². The third-order valence-electron chi connectivity index (χ3n) is 2.65. The summed E-state index contributed by atoms with van der Waals surface area (Å²) in [4.78, 5) is 11.7. The van der Waals surface area contributed by atoms with Crippen molar-refractivity contribution in [2.45, 2.75) is 39.2 Å². The average Bonchev–Trinajstić information content (AvgIpc) is 2.29. The Morgan fingerprint density at radius 3 is 2.82 bits per heavy atom. The number of nitrogens with two attached hydrogens (primary N) is 1. The van der Waals surface area contributed by atoms with Gasteiger partial charge in [0.15, 0.2) is 0 Å². The molecule has 1 aromatic rings. The Kier molecular flexibility index (Phi) is 5.10. The van der Waals surface area contributed by atoms with E-state index in [9.17, 15) is 9.18 Å². The molecule has 0 aliphatic carbocycles. The Balaban J connectivity index is 2.61. The van der Waals surface area contributed by atoms with Crippen LogP contribution >= 0.6 is 0 Å². The van der Waals surface area contributed by atoms with Crippen LogP contribution in [0.15, 0.2) is 18.2 Å². The van der Waals surface area contributed by atoms with Crippen molar-refractivity contribution in [3.05, 3.63) is 29.6 Å². The molecule has 0 fully saturated rings. The fourth-order valence-corrected chi connectivity index (χ4v) is 1.55. The molecule has 0 saturated carbocycles. The average molecular weight is 238 g/mol. The van der Waals surface area contributed by atoms with Crippen molar-refractivity contribution < 1.29 is 9.18 Å². The zero-order valence-electron chi connectivity index (χ0n) is 10.3. The number of benzene rings is 1. The predicted molar refractivity (Wildman–Crippen MR) is 67.3 cm³/mol. The maximum absolute atomic E-state index is 12.9. The van der Waals surface area contributed by atoms with Gasteiger partial charge in [-0.15, -0.1) is 0 Å². The first-order valence-corrected chi connectivity index (χ1v) is 5.87. The lowest BCUT2D eigenvalue weighted by molar-refractivity contribution is -0.117. The number of halogens is 1. The van der Waals surface area contributed by atoms with Gasteiger partial charge in [0, 0.05) is 5.69 Å². The topological polar surface area (TPSA) is 55.1 Å². The minimum absolute atomic E-state index is 0.215. The quantitative estimate of drug-likeness (QED) is 0.828. The summed E-state index contributed by atoms with van der Waals surface area (Å²) < 4.78 is 12.9. The molecule has 3 N–H and O–H groups in total. The Morgan fingerprint density at radius 1 is 1.53 bits per heavy atom. The predicted octanol–water partition coefficient (Wildman–Crippen LogP) is 2.59. The van der Waals surface area contributed by atoms with Gasteiger partial charge in [-0.2, -0.15) is 0 Å². The van der Waals surface area contributed by atoms with E-state index in [1.165, 1.54) is 12.1 Å². The molecule has 0 aliphatic rings. The lowest BCUT2D eigenvalue weighted by atomic mass is 10.1. The number of anilines is 1. The Labute approximate surface area is 101 Å². The van der Waals surface area contributed by atoms with Crippen molar-refractivity contribution in [2.75, 3.05) is 5.32 Å². The largest absolute Gasteiger partial charge is 0.324 e. The highest BCUT2D eigenvalue weighted by molar-refractivity contribution is 5.95. The SMILES string of the molecule is CCCCC(N)C(=O)Nc1ccc(F)cc1C. The highest BCUT2D eigenvalue weighted by Crippen LogP contribution is 2.16. The summed E-state index contributed by atoms with van der Waals surface area (Å²) in [5.74, 6) is -0.524. The monoisotopic (exact) mass is 238 g/mol. The number of rotatable bonds is 5. The van der Waals surface area contributed by atoms with Crippen LogP contribution in [0, 0.1) is 12.7 Å². The molecule has 1 amide bonds. The lowest BCUT2D eigenvalue weighted by Gasteiger charge is -2.13. The lowest BCUT2D eigenvalue weighted by Crippen LogP contribution is -2.35. The molecule has 3 nitrogen and oxygen atoms in total. The first kappa shape index (κ1) is 13.6. The molecule has 94 valence electrons. The van der Waals surface area contributed by atoms with Crippen LogP contribution in [-0.4, -0.2) is 11.9 Å². The number of aryl methyl sites for hydroxylation is 1. The van der Waals surface area contributed by atoms with Gasteiger partial charge >= 0.3 is 0 Å². The molecule has 0 saturated heterocycles. The number of carbonyl (C=O) groups excluding carboxylic acids is 1. The molecule has 0 spiro atoms. The number of hydrogen-bond acceptors (Lipinski definition) is 2. The van der Waals surface area contributed by atoms with E-state index in [-0.39, 0.29) is 11.7 Å². The fourth-order valence-electron chi connectivity index (χ4n) is 1.55. The van der Waals surface area contributed by atoms with Gasteiger partial charge < -0.3 is 11.1 Å². The summed E-state index contributed by atoms with van der Waals surface area (Å²) in [6.07, 6.45) is 2.61. The van der Waals surface area contributed by atoms with E-state index in [4.69, 9.17) is 5.73 Å². The maximum Gasteiger partial charge on any atom is 0.241 e. The van der Waals surface area contributed by atoms with Crippen LogP contribution in [0.5, 0.6) is 0 Å². The summed E-state index contributed by atoms with van der Waals surface area (Å²) in [6.45, 7) is 3.80. The van der Waals surface area contributed by atoms with E-state index >= 15 is 0 Å². The first-order valence-electron chi connectivity index (χ1n) is 5.87. The van der Waals surface area contributed by atoms with E-state index in [0.29, 0.717) is 17.7 Å². The number of hydrogen-bond donors (Lipinski definition) is 2. The maximum atomic E-state index is 12.9. The van der Waals surface area contributed by atoms with E-state index in [0.717, 1.165) is 12.8 Å². The number of carbonyl (C=O) groups is 1. The van der Waals surface area contributed by atoms with Gasteiger partial charge in [-0.25, -0.2) is 4.39 Å². The zero-order chi connectivity index (χ0) is 12.8. The molecule has 0 radical (unpaired) electrons. The van der Waals surface area contributed by atoms with Crippen LogP contribution < -0.4 is 11.1 Å². The van der Waals surface area contributed by atoms with Gasteiger partial charge in [0.05, 0.1) is 6.04 Å². The number of unbranched alkanes of at least 4 members (excludes halogenated alkanes) is 1. The van der Waals surface area contributed by atoms with Gasteiger partial charge in [-0.3, -0.25) is 4.79 Å². The molecule has 0 aromatic heterocycles. The molecule has 1 aromatic carbocycles. The van der Waals surface area contributed by atoms with Crippen molar-refractivity contribution in [1.29, 1.82) is 0 Å². The summed E-state index contributed by atoms with van der Waals surface area (Å²) in [7, 11) is 0. The standard InChI is InChI=1S/C13H19FN2O/c1-3-4-5-11(15)13(17)16-12-7-6-10(14)8-9(12)2/h6-8,11H,3-5,15H2,1-2H3,(H,16,17). The third-order valence-corrected chi connectivity index (χ3v) is 2.65. The van der Waals surface area contributed by atoms with Crippen LogP contribution in [0.2, 0.25) is 0 Å². The van der Waals surface area contributed by atoms with Crippen molar-refractivity contribution >= 4 is 11.6 Å². The van der Waals surface area contributed by atoms with Crippen molar-refractivity contribution in [2.24, 2.45) is 5.73 Å². The van der Waals surface area contributed by atoms with Crippen molar-refractivity contribution in [1.82, 2.24) is 0 Å². The molecular weight excluding hydrogens is 219 g/mol. The van der Waals surface area contributed by atoms with Crippen LogP contribution in [-0.2, 0) is 4.79 Å². The van der Waals surface area contributed by atoms with E-state index < -0.39 is 6.04 Å². The number of amides is 1. The minimum atomic E-state index is -0.501. The zero-order valence-corrected chi connectivity index (χ0v) is 10.3. The highest BCUT2D eigenvalue weighted by Gasteiger charge is 2.13. The molecule has 1 atom stereocenters. The van der Waals surface area contributed by atoms with Crippen molar-refractivity contribution in [3.8, 4) is 0 Å². The Morgan fingerprint density at radius 2 is 2.24 bits per heavy atom. The molecule has 4 heteroatoms. The van der Waals surface area contributed by atoms with Crippen LogP contribution in [0.4, 0.5) is 10.1 Å².